The molecule has 18 rings (SSSR count). The highest BCUT2D eigenvalue weighted by molar-refractivity contribution is 5.74. The number of rotatable bonds is 26. The average molecular weight is 2070 g/mol. The topological polar surface area (TPSA) is 352 Å². The molecule has 0 aliphatic rings. The number of aromatic amines is 1. The molecular formula is C107H121F9N24O10. The summed E-state index contributed by atoms with van der Waals surface area (Å²) in [6, 6.07) is 56.7. The van der Waals surface area contributed by atoms with Gasteiger partial charge in [0.1, 0.15) is 96.3 Å². The number of hydrogen-bond donors (Lipinski definition) is 2. The molecule has 0 atom stereocenters. The first-order valence-electron chi connectivity index (χ1n) is 46.7. The SMILES string of the molecule is CCn1ccc(-c2cccc(C)c2OC)n1.CCn1ncnc1-c1cccc(C)c1OC.COc1c(C)cccc1-c1ccn(C)n1.COc1c(C)cccc1-c1ccnn1C.COc1c(C)cccc1-c1ncn(CC(C)(C)O)n1.COc1c(C)cccc1-c1ncnn1CC(F)(F)F.Cc1cccc(-c2ncn(C)n2)c1OC(F)F.Cc1cccc(-c2ncn[nH]2)c1OC(F)F.Cc1cccc(-c2ncnn2C)c1OC(F)F. The third kappa shape index (κ3) is 31.3. The summed E-state index contributed by atoms with van der Waals surface area (Å²) >= 11 is 0. The summed E-state index contributed by atoms with van der Waals surface area (Å²) in [5, 5.41) is 49.2. The van der Waals surface area contributed by atoms with Gasteiger partial charge in [-0.05, 0) is 213 Å². The van der Waals surface area contributed by atoms with Crippen molar-refractivity contribution >= 4 is 0 Å². The van der Waals surface area contributed by atoms with Gasteiger partial charge in [-0.3, -0.25) is 23.8 Å². The molecule has 34 nitrogen and oxygen atoms in total. The molecule has 9 heterocycles. The molecule has 150 heavy (non-hydrogen) atoms. The van der Waals surface area contributed by atoms with Gasteiger partial charge >= 0.3 is 26.0 Å². The monoisotopic (exact) mass is 2070 g/mol. The summed E-state index contributed by atoms with van der Waals surface area (Å²) in [4.78, 5) is 24.4. The summed E-state index contributed by atoms with van der Waals surface area (Å²) in [6.07, 6.45) is 9.82. The number of hydrogen-bond acceptors (Lipinski definition) is 25. The van der Waals surface area contributed by atoms with Crippen LogP contribution in [0.5, 0.6) is 51.7 Å². The molecular weight excluding hydrogens is 1950 g/mol. The molecule has 2 N–H and O–H groups in total. The maximum atomic E-state index is 12.5. The standard InChI is InChI=1S/C14H19N3O2.C13H16N2O.C12H12F3N3O.C12H15N3O.2C12H14N2O.2C11H11F2N3O.C10H9F2N3O/c1-10-6-5-7-11(12(10)19-4)13-15-9-17(16-13)8-14(2,3)18;1-4-15-9-8-12(14-15)11-7-5-6-10(2)13(11)16-3;1-8-4-3-5-9(10(8)19-2)11-16-7-17-18(11)6-12(13,14)15;1-4-15-12(13-8-14-15)10-7-5-6-9(2)11(10)16-3;1-9-5-4-6-10(12(9)15-3)11-7-8-14(2)13-11;1-9-5-4-6-10(12(9)15-3)11-7-8-13-14(11)2;1-7-4-3-5-8(9(7)17-11(12)13)10-14-6-16(2)15-10;1-7-4-3-5-8(9(7)17-11(12)13)10-14-6-15-16(10)2;1-6-3-2-4-7(8(6)16-10(11)12)9-13-5-14-15-9/h5-7,9,18H,8H2,1-4H3;5-9H,4H2,1-3H3;3-5,7H,6H2,1-2H3;5-8H,4H2,1-3H3;2*4-8H,1-3H3;2*3-6,11H,1-2H3;2-5,10H,1H3,(H,13,14,15). The number of ether oxygens (including phenoxy) is 9. The molecule has 0 saturated carbocycles. The lowest BCUT2D eigenvalue weighted by Gasteiger charge is -2.15. The second kappa shape index (κ2) is 54.4. The molecule has 43 heteroatoms. The highest BCUT2D eigenvalue weighted by atomic mass is 19.4. The molecule has 0 aliphatic carbocycles. The van der Waals surface area contributed by atoms with E-state index in [-0.39, 0.29) is 23.1 Å². The van der Waals surface area contributed by atoms with Gasteiger partial charge in [0.05, 0.1) is 105 Å². The van der Waals surface area contributed by atoms with Crippen molar-refractivity contribution in [2.45, 2.75) is 148 Å². The number of aromatic nitrogens is 24. The van der Waals surface area contributed by atoms with Crippen LogP contribution in [0.15, 0.2) is 239 Å². The number of halogens is 9. The van der Waals surface area contributed by atoms with E-state index in [1.807, 2.05) is 204 Å². The minimum atomic E-state index is -4.35. The zero-order chi connectivity index (χ0) is 109. The fourth-order valence-corrected chi connectivity index (χ4v) is 15.5. The highest BCUT2D eigenvalue weighted by Gasteiger charge is 2.31. The van der Waals surface area contributed by atoms with Crippen molar-refractivity contribution < 1.29 is 87.3 Å². The third-order valence-corrected chi connectivity index (χ3v) is 22.2. The van der Waals surface area contributed by atoms with Gasteiger partial charge in [0.15, 0.2) is 34.9 Å². The van der Waals surface area contributed by atoms with Gasteiger partial charge in [0.2, 0.25) is 0 Å². The lowest BCUT2D eigenvalue weighted by Crippen LogP contribution is -2.26. The van der Waals surface area contributed by atoms with Crippen LogP contribution in [0.3, 0.4) is 0 Å². The predicted octanol–water partition coefficient (Wildman–Crippen LogP) is 22.0. The van der Waals surface area contributed by atoms with Crippen LogP contribution >= 0.6 is 0 Å². The summed E-state index contributed by atoms with van der Waals surface area (Å²) in [7, 11) is 17.1. The summed E-state index contributed by atoms with van der Waals surface area (Å²) in [6.45, 7) is 16.9. The van der Waals surface area contributed by atoms with Crippen LogP contribution in [0, 0.1) is 62.3 Å². The van der Waals surface area contributed by atoms with E-state index in [0.29, 0.717) is 74.5 Å². The Bertz CT molecular complexity index is 7310. The number of methoxy groups -OCH3 is 6. The maximum absolute atomic E-state index is 12.5. The van der Waals surface area contributed by atoms with Crippen molar-refractivity contribution in [3.63, 3.8) is 0 Å². The minimum Gasteiger partial charge on any atom is -0.496 e. The predicted molar refractivity (Wildman–Crippen MR) is 552 cm³/mol. The molecule has 0 spiro atoms. The lowest BCUT2D eigenvalue weighted by atomic mass is 10.1. The molecule has 0 aliphatic heterocycles. The van der Waals surface area contributed by atoms with Crippen LogP contribution in [0.1, 0.15) is 77.8 Å². The summed E-state index contributed by atoms with van der Waals surface area (Å²) < 4.78 is 170. The Morgan fingerprint density at radius 3 is 1.09 bits per heavy atom. The fraction of sp³-hybridized carbons (Fsp3) is 0.299. The molecule has 0 saturated heterocycles. The van der Waals surface area contributed by atoms with Gasteiger partial charge in [-0.2, -0.15) is 85.4 Å². The molecule has 792 valence electrons. The van der Waals surface area contributed by atoms with Crippen molar-refractivity contribution in [3.8, 4) is 154 Å². The van der Waals surface area contributed by atoms with Gasteiger partial charge in [0.25, 0.3) is 0 Å². The van der Waals surface area contributed by atoms with Crippen LogP contribution in [-0.2, 0) is 54.4 Å². The second-order valence-electron chi connectivity index (χ2n) is 33.8. The molecule has 9 aromatic heterocycles. The second-order valence-corrected chi connectivity index (χ2v) is 33.8. The number of aryl methyl sites for hydroxylation is 15. The first kappa shape index (κ1) is 115. The van der Waals surface area contributed by atoms with Crippen LogP contribution in [0.2, 0.25) is 0 Å². The lowest BCUT2D eigenvalue weighted by molar-refractivity contribution is -0.142. The number of H-pyrrole nitrogens is 1. The highest BCUT2D eigenvalue weighted by Crippen LogP contribution is 2.41. The van der Waals surface area contributed by atoms with Crippen LogP contribution in [0.4, 0.5) is 39.5 Å². The number of para-hydroxylation sites is 9. The van der Waals surface area contributed by atoms with Crippen molar-refractivity contribution in [2.75, 3.05) is 42.7 Å². The number of benzene rings is 9. The molecule has 0 amide bonds. The molecule has 0 bridgehead atoms. The summed E-state index contributed by atoms with van der Waals surface area (Å²) in [5.74, 6) is 8.09. The number of alkyl halides is 9. The van der Waals surface area contributed by atoms with Gasteiger partial charge in [-0.25, -0.2) is 48.6 Å². The van der Waals surface area contributed by atoms with Gasteiger partial charge in [-0.1, -0.05) is 109 Å². The quantitative estimate of drug-likeness (QED) is 0.0475. The fourth-order valence-electron chi connectivity index (χ4n) is 15.5. The van der Waals surface area contributed by atoms with Crippen LogP contribution in [-0.4, -0.2) is 198 Å². The van der Waals surface area contributed by atoms with Crippen molar-refractivity contribution in [1.82, 2.24) is 118 Å². The average Bonchev–Trinajstić information content (AvgIpc) is 1.63. The van der Waals surface area contributed by atoms with E-state index in [4.69, 9.17) is 28.4 Å². The van der Waals surface area contributed by atoms with Gasteiger partial charge < -0.3 is 47.7 Å². The van der Waals surface area contributed by atoms with E-state index in [9.17, 15) is 44.6 Å². The van der Waals surface area contributed by atoms with E-state index in [0.717, 1.165) is 137 Å². The molecule has 0 unspecified atom stereocenters. The zero-order valence-corrected chi connectivity index (χ0v) is 87.4. The number of nitrogens with zero attached hydrogens (tertiary/aromatic N) is 23. The Balaban J connectivity index is 0.000000173. The number of aliphatic hydroxyl groups is 1. The van der Waals surface area contributed by atoms with Crippen LogP contribution < -0.4 is 42.6 Å². The first-order valence-corrected chi connectivity index (χ1v) is 46.7. The Hall–Kier alpha value is -17.0. The van der Waals surface area contributed by atoms with Crippen LogP contribution in [0.25, 0.3) is 102 Å². The Morgan fingerprint density at radius 1 is 0.333 bits per heavy atom. The number of nitrogens with one attached hydrogen (secondary N) is 1. The van der Waals surface area contributed by atoms with E-state index < -0.39 is 38.2 Å². The van der Waals surface area contributed by atoms with Gasteiger partial charge in [-0.15, -0.1) is 0 Å². The smallest absolute Gasteiger partial charge is 0.408 e. The van der Waals surface area contributed by atoms with E-state index >= 15 is 0 Å². The minimum absolute atomic E-state index is 0.119. The van der Waals surface area contributed by atoms with E-state index in [1.165, 1.54) is 35.5 Å². The van der Waals surface area contributed by atoms with Crippen molar-refractivity contribution in [1.29, 1.82) is 0 Å². The normalized spacial score (nSPS) is 10.9. The van der Waals surface area contributed by atoms with Crippen molar-refractivity contribution in [2.24, 2.45) is 28.2 Å². The summed E-state index contributed by atoms with van der Waals surface area (Å²) in [5.41, 5.74) is 17.3. The Kier molecular flexibility index (Phi) is 41.7. The molecule has 0 fully saturated rings. The largest absolute Gasteiger partial charge is 0.496 e. The first-order chi connectivity index (χ1) is 71.7. The molecule has 18 aromatic rings. The zero-order valence-electron chi connectivity index (χ0n) is 87.4. The third-order valence-electron chi connectivity index (χ3n) is 22.2. The molecule has 9 aromatic carbocycles. The van der Waals surface area contributed by atoms with E-state index in [1.54, 1.807) is 179 Å². The molecule has 0 radical (unpaired) electrons. The Morgan fingerprint density at radius 2 is 0.700 bits per heavy atom. The Labute approximate surface area is 862 Å². The van der Waals surface area contributed by atoms with Crippen molar-refractivity contribution in [3.05, 3.63) is 289 Å². The van der Waals surface area contributed by atoms with E-state index in [2.05, 4.69) is 102 Å². The maximum Gasteiger partial charge on any atom is 0.408 e. The van der Waals surface area contributed by atoms with Gasteiger partial charge in [0, 0.05) is 76.6 Å².